The van der Waals surface area contributed by atoms with E-state index in [0.717, 1.165) is 32.4 Å². The zero-order valence-electron chi connectivity index (χ0n) is 9.58. The maximum absolute atomic E-state index is 11.6. The monoisotopic (exact) mass is 211 g/mol. The van der Waals surface area contributed by atoms with E-state index < -0.39 is 0 Å². The summed E-state index contributed by atoms with van der Waals surface area (Å²) in [4.78, 5) is 13.7. The minimum absolute atomic E-state index is 0.357. The number of nitrogens with zero attached hydrogens (tertiary/aromatic N) is 1. The second kappa shape index (κ2) is 5.08. The van der Waals surface area contributed by atoms with Crippen molar-refractivity contribution in [2.45, 2.75) is 38.2 Å². The summed E-state index contributed by atoms with van der Waals surface area (Å²) in [6.45, 7) is 2.43. The first-order valence-corrected chi connectivity index (χ1v) is 6.08. The van der Waals surface area contributed by atoms with Gasteiger partial charge in [-0.25, -0.2) is 0 Å². The molecule has 1 aliphatic heterocycles. The summed E-state index contributed by atoms with van der Waals surface area (Å²) in [5.74, 6) is 0.813. The molecule has 15 heavy (non-hydrogen) atoms. The van der Waals surface area contributed by atoms with Gasteiger partial charge in [0.05, 0.1) is 12.6 Å². The third-order valence-corrected chi connectivity index (χ3v) is 3.25. The Balaban J connectivity index is 1.66. The van der Waals surface area contributed by atoms with Crippen molar-refractivity contribution < 1.29 is 9.53 Å². The van der Waals surface area contributed by atoms with E-state index in [4.69, 9.17) is 4.74 Å². The van der Waals surface area contributed by atoms with Gasteiger partial charge in [0.2, 0.25) is 0 Å². The molecule has 0 amide bonds. The normalized spacial score (nSPS) is 26.9. The van der Waals surface area contributed by atoms with Crippen LogP contribution in [-0.4, -0.2) is 43.5 Å². The highest BCUT2D eigenvalue weighted by Gasteiger charge is 2.30. The van der Waals surface area contributed by atoms with E-state index in [9.17, 15) is 4.79 Å². The number of Topliss-reactive ketones (excluding diaryl/α,β-unsaturated/α-hetero) is 1. The number of ketones is 1. The van der Waals surface area contributed by atoms with Crippen LogP contribution in [-0.2, 0) is 9.53 Å². The maximum atomic E-state index is 11.6. The number of rotatable bonds is 5. The molecule has 0 aromatic heterocycles. The quantitative estimate of drug-likeness (QED) is 0.689. The SMILES string of the molecule is CN(CC(=O)C1CC1)CC1CCCCO1. The summed E-state index contributed by atoms with van der Waals surface area (Å²) in [6.07, 6.45) is 6.22. The van der Waals surface area contributed by atoms with E-state index in [1.165, 1.54) is 12.8 Å². The van der Waals surface area contributed by atoms with Crippen molar-refractivity contribution in [3.63, 3.8) is 0 Å². The van der Waals surface area contributed by atoms with Crippen molar-refractivity contribution >= 4 is 5.78 Å². The molecule has 1 saturated carbocycles. The molecule has 1 saturated heterocycles. The predicted octanol–water partition coefficient (Wildman–Crippen LogP) is 1.47. The zero-order valence-corrected chi connectivity index (χ0v) is 9.58. The van der Waals surface area contributed by atoms with Gasteiger partial charge in [-0.05, 0) is 39.2 Å². The van der Waals surface area contributed by atoms with E-state index in [1.54, 1.807) is 0 Å². The Morgan fingerprint density at radius 2 is 2.13 bits per heavy atom. The van der Waals surface area contributed by atoms with Crippen molar-refractivity contribution in [2.75, 3.05) is 26.7 Å². The number of hydrogen-bond donors (Lipinski definition) is 0. The molecule has 0 aromatic rings. The van der Waals surface area contributed by atoms with Gasteiger partial charge in [0, 0.05) is 19.1 Å². The first-order chi connectivity index (χ1) is 7.25. The fourth-order valence-corrected chi connectivity index (χ4v) is 2.16. The fraction of sp³-hybridized carbons (Fsp3) is 0.917. The summed E-state index contributed by atoms with van der Waals surface area (Å²) in [5.41, 5.74) is 0. The highest BCUT2D eigenvalue weighted by Crippen LogP contribution is 2.29. The number of ether oxygens (including phenoxy) is 1. The molecule has 0 aromatic carbocycles. The van der Waals surface area contributed by atoms with Crippen molar-refractivity contribution in [1.29, 1.82) is 0 Å². The van der Waals surface area contributed by atoms with E-state index >= 15 is 0 Å². The molecule has 3 heteroatoms. The van der Waals surface area contributed by atoms with Gasteiger partial charge in [-0.15, -0.1) is 0 Å². The lowest BCUT2D eigenvalue weighted by Gasteiger charge is -2.27. The predicted molar refractivity (Wildman–Crippen MR) is 58.8 cm³/mol. The number of carbonyl (C=O) groups is 1. The lowest BCUT2D eigenvalue weighted by atomic mass is 10.1. The summed E-state index contributed by atoms with van der Waals surface area (Å²) in [6, 6.07) is 0. The lowest BCUT2D eigenvalue weighted by Crippen LogP contribution is -2.36. The van der Waals surface area contributed by atoms with Gasteiger partial charge in [-0.1, -0.05) is 0 Å². The Labute approximate surface area is 91.8 Å². The fourth-order valence-electron chi connectivity index (χ4n) is 2.16. The van der Waals surface area contributed by atoms with Crippen molar-refractivity contribution in [3.05, 3.63) is 0 Å². The van der Waals surface area contributed by atoms with Crippen LogP contribution in [0.3, 0.4) is 0 Å². The summed E-state index contributed by atoms with van der Waals surface area (Å²) in [7, 11) is 2.03. The Kier molecular flexibility index (Phi) is 3.76. The second-order valence-corrected chi connectivity index (χ2v) is 4.93. The van der Waals surface area contributed by atoms with Crippen LogP contribution in [0.4, 0.5) is 0 Å². The van der Waals surface area contributed by atoms with Gasteiger partial charge in [0.15, 0.2) is 0 Å². The number of likely N-dealkylation sites (N-methyl/N-ethyl adjacent to an activating group) is 1. The van der Waals surface area contributed by atoms with Gasteiger partial charge in [0.25, 0.3) is 0 Å². The molecule has 1 atom stereocenters. The van der Waals surface area contributed by atoms with Crippen LogP contribution < -0.4 is 0 Å². The average Bonchev–Trinajstić information content (AvgIpc) is 3.01. The topological polar surface area (TPSA) is 29.5 Å². The van der Waals surface area contributed by atoms with E-state index in [1.807, 2.05) is 7.05 Å². The molecule has 0 bridgehead atoms. The van der Waals surface area contributed by atoms with Gasteiger partial charge >= 0.3 is 0 Å². The maximum Gasteiger partial charge on any atom is 0.149 e. The third-order valence-electron chi connectivity index (χ3n) is 3.25. The van der Waals surface area contributed by atoms with Crippen LogP contribution in [0, 0.1) is 5.92 Å². The molecule has 0 radical (unpaired) electrons. The van der Waals surface area contributed by atoms with E-state index in [2.05, 4.69) is 4.90 Å². The molecule has 0 spiro atoms. The number of hydrogen-bond acceptors (Lipinski definition) is 3. The van der Waals surface area contributed by atoms with Crippen LogP contribution in [0.2, 0.25) is 0 Å². The molecule has 1 aliphatic carbocycles. The molecular formula is C12H21NO2. The van der Waals surface area contributed by atoms with Gasteiger partial charge in [0.1, 0.15) is 5.78 Å². The average molecular weight is 211 g/mol. The molecule has 1 unspecified atom stereocenters. The molecule has 2 aliphatic rings. The first-order valence-electron chi connectivity index (χ1n) is 6.08. The first kappa shape index (κ1) is 11.1. The largest absolute Gasteiger partial charge is 0.377 e. The standard InChI is InChI=1S/C12H21NO2/c1-13(9-12(14)10-5-6-10)8-11-4-2-3-7-15-11/h10-11H,2-9H2,1H3. The molecule has 2 rings (SSSR count). The second-order valence-electron chi connectivity index (χ2n) is 4.93. The lowest BCUT2D eigenvalue weighted by molar-refractivity contribution is -0.121. The Morgan fingerprint density at radius 3 is 2.73 bits per heavy atom. The van der Waals surface area contributed by atoms with Gasteiger partial charge < -0.3 is 4.74 Å². The Bertz CT molecular complexity index is 220. The van der Waals surface area contributed by atoms with Crippen LogP contribution in [0.25, 0.3) is 0 Å². The molecule has 3 nitrogen and oxygen atoms in total. The number of carbonyl (C=O) groups excluding carboxylic acids is 1. The van der Waals surface area contributed by atoms with Crippen LogP contribution in [0.15, 0.2) is 0 Å². The van der Waals surface area contributed by atoms with Crippen molar-refractivity contribution in [3.8, 4) is 0 Å². The zero-order chi connectivity index (χ0) is 10.7. The molecule has 0 N–H and O–H groups in total. The minimum atomic E-state index is 0.357. The summed E-state index contributed by atoms with van der Waals surface area (Å²) < 4.78 is 5.65. The van der Waals surface area contributed by atoms with Crippen molar-refractivity contribution in [1.82, 2.24) is 4.90 Å². The van der Waals surface area contributed by atoms with Gasteiger partial charge in [-0.3, -0.25) is 9.69 Å². The Morgan fingerprint density at radius 1 is 1.33 bits per heavy atom. The van der Waals surface area contributed by atoms with Crippen molar-refractivity contribution in [2.24, 2.45) is 5.92 Å². The highest BCUT2D eigenvalue weighted by atomic mass is 16.5. The molecule has 86 valence electrons. The summed E-state index contributed by atoms with van der Waals surface area (Å²) >= 11 is 0. The summed E-state index contributed by atoms with van der Waals surface area (Å²) in [5, 5.41) is 0. The molecular weight excluding hydrogens is 190 g/mol. The van der Waals surface area contributed by atoms with E-state index in [-0.39, 0.29) is 0 Å². The van der Waals surface area contributed by atoms with Gasteiger partial charge in [-0.2, -0.15) is 0 Å². The van der Waals surface area contributed by atoms with E-state index in [0.29, 0.717) is 24.3 Å². The Hall–Kier alpha value is -0.410. The molecule has 2 fully saturated rings. The third kappa shape index (κ3) is 3.58. The van der Waals surface area contributed by atoms with Crippen LogP contribution in [0.1, 0.15) is 32.1 Å². The van der Waals surface area contributed by atoms with Crippen LogP contribution in [0.5, 0.6) is 0 Å². The smallest absolute Gasteiger partial charge is 0.149 e. The highest BCUT2D eigenvalue weighted by molar-refractivity contribution is 5.84. The molecule has 1 heterocycles. The van der Waals surface area contributed by atoms with Crippen LogP contribution >= 0.6 is 0 Å². The minimum Gasteiger partial charge on any atom is -0.377 e.